The third kappa shape index (κ3) is 5.01. The van der Waals surface area contributed by atoms with Crippen molar-refractivity contribution in [3.63, 3.8) is 0 Å². The molecule has 0 aliphatic carbocycles. The van der Waals surface area contributed by atoms with Gasteiger partial charge in [-0.1, -0.05) is 6.07 Å². The second-order valence-corrected chi connectivity index (χ2v) is 5.01. The summed E-state index contributed by atoms with van der Waals surface area (Å²) in [5.74, 6) is 1.10. The van der Waals surface area contributed by atoms with Gasteiger partial charge in [-0.25, -0.2) is 0 Å². The van der Waals surface area contributed by atoms with Crippen LogP contribution in [0.15, 0.2) is 23.1 Å². The maximum Gasteiger partial charge on any atom is 0.0587 e. The summed E-state index contributed by atoms with van der Waals surface area (Å²) < 4.78 is 4.97. The van der Waals surface area contributed by atoms with Crippen molar-refractivity contribution in [3.8, 4) is 0 Å². The van der Waals surface area contributed by atoms with E-state index in [4.69, 9.17) is 4.74 Å². The Morgan fingerprint density at radius 3 is 2.69 bits per heavy atom. The summed E-state index contributed by atoms with van der Waals surface area (Å²) in [5.41, 5.74) is 2.74. The summed E-state index contributed by atoms with van der Waals surface area (Å²) in [6.45, 7) is 7.06. The molecular weight excluding hydrogens is 218 g/mol. The minimum Gasteiger partial charge on any atom is -0.383 e. The molecule has 2 nitrogen and oxygen atoms in total. The van der Waals surface area contributed by atoms with Crippen LogP contribution in [0.3, 0.4) is 0 Å². The van der Waals surface area contributed by atoms with Crippen LogP contribution in [0.5, 0.6) is 0 Å². The Morgan fingerprint density at radius 1 is 1.19 bits per heavy atom. The zero-order valence-electron chi connectivity index (χ0n) is 10.4. The van der Waals surface area contributed by atoms with Crippen LogP contribution in [-0.2, 0) is 4.74 Å². The molecule has 0 unspecified atom stereocenters. The van der Waals surface area contributed by atoms with E-state index in [-0.39, 0.29) is 0 Å². The molecule has 0 aliphatic heterocycles. The molecule has 0 heterocycles. The van der Waals surface area contributed by atoms with Crippen molar-refractivity contribution in [2.24, 2.45) is 0 Å². The quantitative estimate of drug-likeness (QED) is 0.584. The van der Waals surface area contributed by atoms with Crippen LogP contribution in [0.1, 0.15) is 11.1 Å². The highest BCUT2D eigenvalue weighted by Gasteiger charge is 1.96. The van der Waals surface area contributed by atoms with Crippen molar-refractivity contribution in [1.82, 2.24) is 5.32 Å². The van der Waals surface area contributed by atoms with Gasteiger partial charge in [0.1, 0.15) is 0 Å². The number of nitrogens with one attached hydrogen (secondary N) is 1. The van der Waals surface area contributed by atoms with Crippen LogP contribution in [0.4, 0.5) is 0 Å². The number of benzene rings is 1. The first-order valence-corrected chi connectivity index (χ1v) is 6.62. The predicted octanol–water partition coefficient (Wildman–Crippen LogP) is 2.63. The van der Waals surface area contributed by atoms with Gasteiger partial charge in [-0.2, -0.15) is 0 Å². The molecule has 0 saturated heterocycles. The maximum absolute atomic E-state index is 4.97. The molecule has 0 radical (unpaired) electrons. The SMILES string of the molecule is COCCNCCSc1ccc(C)c(C)c1. The fourth-order valence-electron chi connectivity index (χ4n) is 1.34. The standard InChI is InChI=1S/C13H21NOS/c1-11-4-5-13(10-12(11)2)16-9-7-14-6-8-15-3/h4-5,10,14H,6-9H2,1-3H3. The molecule has 0 aromatic heterocycles. The van der Waals surface area contributed by atoms with Gasteiger partial charge < -0.3 is 10.1 Å². The highest BCUT2D eigenvalue weighted by molar-refractivity contribution is 7.99. The topological polar surface area (TPSA) is 21.3 Å². The zero-order valence-corrected chi connectivity index (χ0v) is 11.2. The van der Waals surface area contributed by atoms with Crippen LogP contribution in [0.2, 0.25) is 0 Å². The molecule has 90 valence electrons. The third-order valence-electron chi connectivity index (χ3n) is 2.51. The summed E-state index contributed by atoms with van der Waals surface area (Å²) in [5, 5.41) is 3.34. The maximum atomic E-state index is 4.97. The molecule has 0 spiro atoms. The Balaban J connectivity index is 2.19. The van der Waals surface area contributed by atoms with Gasteiger partial charge in [0.25, 0.3) is 0 Å². The van der Waals surface area contributed by atoms with Crippen molar-refractivity contribution in [2.75, 3.05) is 32.6 Å². The smallest absolute Gasteiger partial charge is 0.0587 e. The molecule has 0 bridgehead atoms. The Morgan fingerprint density at radius 2 is 2.00 bits per heavy atom. The molecule has 1 aromatic carbocycles. The van der Waals surface area contributed by atoms with Gasteiger partial charge >= 0.3 is 0 Å². The fourth-order valence-corrected chi connectivity index (χ4v) is 2.25. The number of aryl methyl sites for hydroxylation is 2. The average Bonchev–Trinajstić information content (AvgIpc) is 2.28. The largest absolute Gasteiger partial charge is 0.383 e. The molecule has 16 heavy (non-hydrogen) atoms. The van der Waals surface area contributed by atoms with E-state index in [0.717, 1.165) is 25.4 Å². The van der Waals surface area contributed by atoms with Gasteiger partial charge in [-0.3, -0.25) is 0 Å². The lowest BCUT2D eigenvalue weighted by Gasteiger charge is -2.06. The minimum absolute atomic E-state index is 0.786. The Labute approximate surface area is 103 Å². The number of rotatable bonds is 7. The normalized spacial score (nSPS) is 10.7. The summed E-state index contributed by atoms with van der Waals surface area (Å²) in [4.78, 5) is 1.36. The summed E-state index contributed by atoms with van der Waals surface area (Å²) in [6, 6.07) is 6.65. The van der Waals surface area contributed by atoms with Gasteiger partial charge in [0.05, 0.1) is 6.61 Å². The molecule has 0 atom stereocenters. The number of thioether (sulfide) groups is 1. The lowest BCUT2D eigenvalue weighted by atomic mass is 10.1. The predicted molar refractivity (Wildman–Crippen MR) is 71.4 cm³/mol. The molecule has 0 saturated carbocycles. The molecule has 1 N–H and O–H groups in total. The molecule has 1 rings (SSSR count). The second kappa shape index (κ2) is 7.71. The van der Waals surface area contributed by atoms with Gasteiger partial charge in [0, 0.05) is 30.8 Å². The van der Waals surface area contributed by atoms with Gasteiger partial charge in [0.15, 0.2) is 0 Å². The van der Waals surface area contributed by atoms with Gasteiger partial charge in [-0.15, -0.1) is 11.8 Å². The fraction of sp³-hybridized carbons (Fsp3) is 0.538. The van der Waals surface area contributed by atoms with E-state index in [1.54, 1.807) is 7.11 Å². The lowest BCUT2D eigenvalue weighted by molar-refractivity contribution is 0.200. The summed E-state index contributed by atoms with van der Waals surface area (Å²) >= 11 is 1.90. The monoisotopic (exact) mass is 239 g/mol. The van der Waals surface area contributed by atoms with E-state index in [1.165, 1.54) is 16.0 Å². The average molecular weight is 239 g/mol. The Kier molecular flexibility index (Phi) is 6.53. The number of hydrogen-bond donors (Lipinski definition) is 1. The van der Waals surface area contributed by atoms with E-state index in [9.17, 15) is 0 Å². The Bertz CT molecular complexity index is 315. The van der Waals surface area contributed by atoms with Crippen LogP contribution >= 0.6 is 11.8 Å². The Hall–Kier alpha value is -0.510. The first kappa shape index (κ1) is 13.6. The zero-order chi connectivity index (χ0) is 11.8. The van der Waals surface area contributed by atoms with Crippen molar-refractivity contribution in [3.05, 3.63) is 29.3 Å². The minimum atomic E-state index is 0.786. The van der Waals surface area contributed by atoms with Gasteiger partial charge in [-0.05, 0) is 37.1 Å². The van der Waals surface area contributed by atoms with E-state index in [0.29, 0.717) is 0 Å². The van der Waals surface area contributed by atoms with Crippen molar-refractivity contribution in [1.29, 1.82) is 0 Å². The lowest BCUT2D eigenvalue weighted by Crippen LogP contribution is -2.21. The van der Waals surface area contributed by atoms with Crippen LogP contribution < -0.4 is 5.32 Å². The summed E-state index contributed by atoms with van der Waals surface area (Å²) in [6.07, 6.45) is 0. The number of ether oxygens (including phenoxy) is 1. The molecule has 0 aliphatic rings. The van der Waals surface area contributed by atoms with E-state index in [1.807, 2.05) is 11.8 Å². The highest BCUT2D eigenvalue weighted by Crippen LogP contribution is 2.20. The number of methoxy groups -OCH3 is 1. The van der Waals surface area contributed by atoms with Crippen molar-refractivity contribution >= 4 is 11.8 Å². The van der Waals surface area contributed by atoms with E-state index in [2.05, 4.69) is 37.4 Å². The number of hydrogen-bond acceptors (Lipinski definition) is 3. The molecule has 3 heteroatoms. The van der Waals surface area contributed by atoms with Gasteiger partial charge in [0.2, 0.25) is 0 Å². The molecular formula is C13H21NOS. The highest BCUT2D eigenvalue weighted by atomic mass is 32.2. The van der Waals surface area contributed by atoms with Crippen molar-refractivity contribution < 1.29 is 4.74 Å². The van der Waals surface area contributed by atoms with Crippen molar-refractivity contribution in [2.45, 2.75) is 18.7 Å². The molecule has 1 aromatic rings. The molecule has 0 amide bonds. The second-order valence-electron chi connectivity index (χ2n) is 3.84. The van der Waals surface area contributed by atoms with E-state index < -0.39 is 0 Å². The van der Waals surface area contributed by atoms with E-state index >= 15 is 0 Å². The molecule has 0 fully saturated rings. The first-order valence-electron chi connectivity index (χ1n) is 5.63. The third-order valence-corrected chi connectivity index (χ3v) is 3.50. The summed E-state index contributed by atoms with van der Waals surface area (Å²) in [7, 11) is 1.73. The van der Waals surface area contributed by atoms with Crippen LogP contribution in [-0.4, -0.2) is 32.6 Å². The van der Waals surface area contributed by atoms with Crippen LogP contribution in [0, 0.1) is 13.8 Å². The van der Waals surface area contributed by atoms with Crippen LogP contribution in [0.25, 0.3) is 0 Å². The first-order chi connectivity index (χ1) is 7.74.